The molecule has 7 heteroatoms. The van der Waals surface area contributed by atoms with Crippen LogP contribution < -0.4 is 4.74 Å². The molecule has 1 aromatic carbocycles. The van der Waals surface area contributed by atoms with Gasteiger partial charge in [0.05, 0.1) is 31.3 Å². The average Bonchev–Trinajstić information content (AvgIpc) is 2.56. The quantitative estimate of drug-likeness (QED) is 0.335. The van der Waals surface area contributed by atoms with Gasteiger partial charge in [-0.2, -0.15) is 0 Å². The molecule has 0 saturated carbocycles. The van der Waals surface area contributed by atoms with E-state index >= 15 is 0 Å². The zero-order valence-electron chi connectivity index (χ0n) is 15.6. The van der Waals surface area contributed by atoms with Crippen molar-refractivity contribution in [2.24, 2.45) is 0 Å². The summed E-state index contributed by atoms with van der Waals surface area (Å²) in [6, 6.07) is 7.48. The Labute approximate surface area is 169 Å². The molecule has 2 rings (SSSR count). The number of benzene rings is 1. The van der Waals surface area contributed by atoms with Gasteiger partial charge in [-0.05, 0) is 38.1 Å². The Kier molecular flexibility index (Phi) is 16.8. The number of nitrogens with zero attached hydrogens (tertiary/aromatic N) is 2. The molecular formula is C18H26N2O3SV. The molecule has 0 aliphatic carbocycles. The van der Waals surface area contributed by atoms with Crippen LogP contribution in [0.2, 0.25) is 0 Å². The van der Waals surface area contributed by atoms with Gasteiger partial charge in [-0.1, -0.05) is 13.8 Å². The maximum Gasteiger partial charge on any atom is 2.00 e. The number of carbonyl (C=O) groups excluding carboxylic acids is 1. The molecule has 0 spiro atoms. The fraction of sp³-hybridized carbons (Fsp3) is 0.333. The molecular weight excluding hydrogens is 375 g/mol. The SMILES string of the molecule is CC.COC(=O)c1cncc(-c2ccc(OC(C)C)cc2)n1.[CH3-].[SH-].[V+2]. The average molecular weight is 401 g/mol. The van der Waals surface area contributed by atoms with Gasteiger partial charge in [0.2, 0.25) is 0 Å². The Balaban J connectivity index is -0.000000934. The molecule has 0 amide bonds. The van der Waals surface area contributed by atoms with Crippen molar-refractivity contribution >= 4 is 19.5 Å². The second-order valence-electron chi connectivity index (χ2n) is 4.47. The molecule has 1 heterocycles. The van der Waals surface area contributed by atoms with E-state index in [4.69, 9.17) is 4.74 Å². The summed E-state index contributed by atoms with van der Waals surface area (Å²) in [5.41, 5.74) is 1.66. The van der Waals surface area contributed by atoms with E-state index in [-0.39, 0.29) is 51.3 Å². The van der Waals surface area contributed by atoms with Crippen LogP contribution in [-0.4, -0.2) is 29.2 Å². The van der Waals surface area contributed by atoms with Crippen LogP contribution in [0.1, 0.15) is 38.2 Å². The second-order valence-corrected chi connectivity index (χ2v) is 4.47. The number of rotatable bonds is 4. The van der Waals surface area contributed by atoms with Gasteiger partial charge in [-0.25, -0.2) is 9.78 Å². The predicted molar refractivity (Wildman–Crippen MR) is 101 cm³/mol. The van der Waals surface area contributed by atoms with Crippen molar-refractivity contribution in [3.05, 3.63) is 49.8 Å². The number of methoxy groups -OCH3 is 1. The number of hydrogen-bond acceptors (Lipinski definition) is 6. The number of aromatic nitrogens is 2. The van der Waals surface area contributed by atoms with Crippen LogP contribution >= 0.6 is 0 Å². The molecule has 1 aromatic heterocycles. The second kappa shape index (κ2) is 14.8. The van der Waals surface area contributed by atoms with Crippen LogP contribution in [0.25, 0.3) is 11.3 Å². The van der Waals surface area contributed by atoms with Gasteiger partial charge in [0.25, 0.3) is 0 Å². The van der Waals surface area contributed by atoms with Crippen molar-refractivity contribution in [1.82, 2.24) is 9.97 Å². The zero-order chi connectivity index (χ0) is 16.5. The van der Waals surface area contributed by atoms with Crippen molar-refractivity contribution < 1.29 is 32.8 Å². The smallest absolute Gasteiger partial charge is 0.813 e. The van der Waals surface area contributed by atoms with Crippen molar-refractivity contribution in [2.45, 2.75) is 33.8 Å². The Morgan fingerprint density at radius 1 is 1.08 bits per heavy atom. The minimum Gasteiger partial charge on any atom is -0.813 e. The Bertz CT molecular complexity index is 608. The van der Waals surface area contributed by atoms with E-state index in [9.17, 15) is 4.79 Å². The molecule has 0 fully saturated rings. The molecule has 5 nitrogen and oxygen atoms in total. The minimum absolute atomic E-state index is 0. The summed E-state index contributed by atoms with van der Waals surface area (Å²) >= 11 is 0. The maximum atomic E-state index is 11.4. The van der Waals surface area contributed by atoms with Crippen LogP contribution in [0.15, 0.2) is 36.7 Å². The first-order valence-electron chi connectivity index (χ1n) is 7.27. The molecule has 0 aliphatic heterocycles. The predicted octanol–water partition coefficient (Wildman–Crippen LogP) is 3.92. The van der Waals surface area contributed by atoms with Crippen molar-refractivity contribution in [3.8, 4) is 17.0 Å². The van der Waals surface area contributed by atoms with Gasteiger partial charge in [0.15, 0.2) is 5.69 Å². The summed E-state index contributed by atoms with van der Waals surface area (Å²) in [5, 5.41) is 0. The van der Waals surface area contributed by atoms with Gasteiger partial charge in [-0.3, -0.25) is 4.98 Å². The summed E-state index contributed by atoms with van der Waals surface area (Å²) in [6.45, 7) is 7.94. The third kappa shape index (κ3) is 8.96. The summed E-state index contributed by atoms with van der Waals surface area (Å²) in [5.74, 6) is 0.292. The van der Waals surface area contributed by atoms with E-state index in [1.807, 2.05) is 52.0 Å². The van der Waals surface area contributed by atoms with E-state index < -0.39 is 5.97 Å². The Morgan fingerprint density at radius 3 is 2.12 bits per heavy atom. The fourth-order valence-corrected chi connectivity index (χ4v) is 1.68. The molecule has 0 aliphatic rings. The van der Waals surface area contributed by atoms with Gasteiger partial charge >= 0.3 is 24.5 Å². The van der Waals surface area contributed by atoms with E-state index in [1.54, 1.807) is 6.20 Å². The first kappa shape index (κ1) is 28.3. The molecule has 0 atom stereocenters. The summed E-state index contributed by atoms with van der Waals surface area (Å²) in [6.07, 6.45) is 3.11. The zero-order valence-corrected chi connectivity index (χ0v) is 17.8. The minimum atomic E-state index is -0.501. The standard InChI is InChI=1S/C15H16N2O3.C2H6.CH3.H2S.V/c1-10(2)20-12-6-4-11(5-7-12)13-8-16-9-14(17-13)15(18)19-3;1-2;;;/h4-10H,1-3H3;1-2H3;1H3;1H2;/q;;-1;;+2/p-1. The number of hydrogen-bond donors (Lipinski definition) is 0. The fourth-order valence-electron chi connectivity index (χ4n) is 1.68. The summed E-state index contributed by atoms with van der Waals surface area (Å²) < 4.78 is 10.2. The number of thiol groups is 1. The van der Waals surface area contributed by atoms with Gasteiger partial charge in [0.1, 0.15) is 5.75 Å². The van der Waals surface area contributed by atoms with Crippen molar-refractivity contribution in [3.63, 3.8) is 0 Å². The molecule has 0 N–H and O–H groups in total. The Hall–Kier alpha value is -1.50. The molecule has 1 radical (unpaired) electrons. The van der Waals surface area contributed by atoms with E-state index in [0.29, 0.717) is 5.69 Å². The maximum absolute atomic E-state index is 11.4. The Morgan fingerprint density at radius 2 is 1.64 bits per heavy atom. The number of carbonyl (C=O) groups is 1. The van der Waals surface area contributed by atoms with E-state index in [0.717, 1.165) is 11.3 Å². The molecule has 2 aromatic rings. The topological polar surface area (TPSA) is 61.3 Å². The van der Waals surface area contributed by atoms with Crippen LogP contribution in [0.5, 0.6) is 5.75 Å². The van der Waals surface area contributed by atoms with Gasteiger partial charge < -0.3 is 30.4 Å². The largest absolute Gasteiger partial charge is 2.00 e. The van der Waals surface area contributed by atoms with Crippen LogP contribution in [-0.2, 0) is 36.8 Å². The normalized spacial score (nSPS) is 8.56. The van der Waals surface area contributed by atoms with Crippen LogP contribution in [0.3, 0.4) is 0 Å². The molecule has 25 heavy (non-hydrogen) atoms. The monoisotopic (exact) mass is 401 g/mol. The molecule has 137 valence electrons. The van der Waals surface area contributed by atoms with Crippen molar-refractivity contribution in [2.75, 3.05) is 7.11 Å². The molecule has 0 saturated heterocycles. The summed E-state index contributed by atoms with van der Waals surface area (Å²) in [4.78, 5) is 19.7. The van der Waals surface area contributed by atoms with E-state index in [1.165, 1.54) is 13.3 Å². The van der Waals surface area contributed by atoms with Crippen molar-refractivity contribution in [1.29, 1.82) is 0 Å². The third-order valence-electron chi connectivity index (χ3n) is 2.55. The van der Waals surface area contributed by atoms with Crippen LogP contribution in [0, 0.1) is 7.43 Å². The summed E-state index contributed by atoms with van der Waals surface area (Å²) in [7, 11) is 1.31. The number of esters is 1. The number of ether oxygens (including phenoxy) is 2. The van der Waals surface area contributed by atoms with Gasteiger partial charge in [-0.15, -0.1) is 0 Å². The first-order valence-corrected chi connectivity index (χ1v) is 7.27. The first-order chi connectivity index (χ1) is 10.6. The molecule has 0 bridgehead atoms. The van der Waals surface area contributed by atoms with E-state index in [2.05, 4.69) is 14.7 Å². The van der Waals surface area contributed by atoms with Crippen LogP contribution in [0.4, 0.5) is 0 Å². The third-order valence-corrected chi connectivity index (χ3v) is 2.55. The molecule has 0 unspecified atom stereocenters. The van der Waals surface area contributed by atoms with Gasteiger partial charge in [0, 0.05) is 5.56 Å².